The van der Waals surface area contributed by atoms with Crippen molar-refractivity contribution in [1.82, 2.24) is 0 Å². The van der Waals surface area contributed by atoms with Crippen LogP contribution in [0.2, 0.25) is 0 Å². The number of nitrogens with zero attached hydrogens (tertiary/aromatic N) is 1. The van der Waals surface area contributed by atoms with E-state index in [-0.39, 0.29) is 0 Å². The zero-order valence-corrected chi connectivity index (χ0v) is 13.3. The number of anilines is 1. The number of guanidine groups is 1. The molecule has 0 fully saturated rings. The Hall–Kier alpha value is -2.81. The third kappa shape index (κ3) is 3.89. The van der Waals surface area contributed by atoms with E-state index in [4.69, 9.17) is 5.73 Å². The van der Waals surface area contributed by atoms with Gasteiger partial charge in [-0.25, -0.2) is 0 Å². The quantitative estimate of drug-likeness (QED) is 0.563. The van der Waals surface area contributed by atoms with Gasteiger partial charge in [0.05, 0.1) is 0 Å². The molecule has 116 valence electrons. The van der Waals surface area contributed by atoms with Gasteiger partial charge in [0.15, 0.2) is 5.96 Å². The Bertz CT molecular complexity index is 832. The zero-order chi connectivity index (χ0) is 16.1. The van der Waals surface area contributed by atoms with Crippen molar-refractivity contribution in [2.24, 2.45) is 10.7 Å². The second-order valence-corrected chi connectivity index (χ2v) is 5.65. The van der Waals surface area contributed by atoms with Crippen LogP contribution in [0.3, 0.4) is 0 Å². The molecule has 0 radical (unpaired) electrons. The summed E-state index contributed by atoms with van der Waals surface area (Å²) in [6.45, 7) is 2.72. The molecule has 23 heavy (non-hydrogen) atoms. The smallest absolute Gasteiger partial charge is 0.193 e. The second kappa shape index (κ2) is 6.97. The molecular weight excluding hydrogens is 282 g/mol. The normalized spacial score (nSPS) is 11.6. The standard InChI is InChI=1S/C20H21N3/c1-15-6-4-10-18(14-15)23-20(21)22-13-12-17-9-5-8-16-7-2-3-11-19(16)17/h2-11,14H,12-13H2,1H3,(H3,21,22,23). The van der Waals surface area contributed by atoms with Crippen LogP contribution in [0.4, 0.5) is 5.69 Å². The molecule has 0 amide bonds. The fourth-order valence-corrected chi connectivity index (χ4v) is 2.72. The molecule has 3 N–H and O–H groups in total. The first-order valence-corrected chi connectivity index (χ1v) is 7.82. The number of rotatable bonds is 4. The van der Waals surface area contributed by atoms with Crippen molar-refractivity contribution in [2.45, 2.75) is 13.3 Å². The van der Waals surface area contributed by atoms with Crippen LogP contribution in [0.1, 0.15) is 11.1 Å². The van der Waals surface area contributed by atoms with Crippen molar-refractivity contribution in [3.63, 3.8) is 0 Å². The molecule has 0 spiro atoms. The van der Waals surface area contributed by atoms with Gasteiger partial charge in [0.2, 0.25) is 0 Å². The van der Waals surface area contributed by atoms with Crippen molar-refractivity contribution in [3.05, 3.63) is 77.9 Å². The fraction of sp³-hybridized carbons (Fsp3) is 0.150. The summed E-state index contributed by atoms with van der Waals surface area (Å²) in [5, 5.41) is 5.69. The van der Waals surface area contributed by atoms with Crippen LogP contribution in [0.25, 0.3) is 10.8 Å². The van der Waals surface area contributed by atoms with Crippen LogP contribution in [0.5, 0.6) is 0 Å². The SMILES string of the molecule is Cc1cccc(NC(N)=NCCc2cccc3ccccc23)c1. The van der Waals surface area contributed by atoms with Crippen LogP contribution < -0.4 is 11.1 Å². The lowest BCUT2D eigenvalue weighted by Gasteiger charge is -2.07. The van der Waals surface area contributed by atoms with E-state index in [0.29, 0.717) is 12.5 Å². The highest BCUT2D eigenvalue weighted by molar-refractivity contribution is 5.92. The van der Waals surface area contributed by atoms with Crippen LogP contribution in [0, 0.1) is 6.92 Å². The summed E-state index contributed by atoms with van der Waals surface area (Å²) in [4.78, 5) is 4.43. The summed E-state index contributed by atoms with van der Waals surface area (Å²) in [5.41, 5.74) is 9.43. The molecule has 0 saturated heterocycles. The van der Waals surface area contributed by atoms with Gasteiger partial charge in [-0.2, -0.15) is 0 Å². The molecule has 0 unspecified atom stereocenters. The number of nitrogens with one attached hydrogen (secondary N) is 1. The number of hydrogen-bond acceptors (Lipinski definition) is 1. The number of fused-ring (bicyclic) bond motifs is 1. The number of nitrogens with two attached hydrogens (primary N) is 1. The predicted octanol–water partition coefficient (Wildman–Crippen LogP) is 4.12. The Morgan fingerprint density at radius 3 is 2.65 bits per heavy atom. The van der Waals surface area contributed by atoms with Crippen LogP contribution in [-0.2, 0) is 6.42 Å². The Balaban J connectivity index is 1.65. The minimum absolute atomic E-state index is 0.454. The summed E-state index contributed by atoms with van der Waals surface area (Å²) in [5.74, 6) is 0.454. The molecule has 0 bridgehead atoms. The topological polar surface area (TPSA) is 50.4 Å². The highest BCUT2D eigenvalue weighted by Gasteiger charge is 2.00. The Morgan fingerprint density at radius 2 is 1.78 bits per heavy atom. The van der Waals surface area contributed by atoms with E-state index >= 15 is 0 Å². The summed E-state index contributed by atoms with van der Waals surface area (Å²) >= 11 is 0. The Kier molecular flexibility index (Phi) is 4.57. The van der Waals surface area contributed by atoms with Crippen molar-refractivity contribution in [2.75, 3.05) is 11.9 Å². The van der Waals surface area contributed by atoms with Crippen molar-refractivity contribution < 1.29 is 0 Å². The van der Waals surface area contributed by atoms with Gasteiger partial charge >= 0.3 is 0 Å². The Morgan fingerprint density at radius 1 is 1.00 bits per heavy atom. The van der Waals surface area contributed by atoms with Crippen molar-refractivity contribution in [3.8, 4) is 0 Å². The molecule has 0 aliphatic carbocycles. The summed E-state index contributed by atoms with van der Waals surface area (Å²) in [6.07, 6.45) is 0.873. The van der Waals surface area contributed by atoms with E-state index in [1.54, 1.807) is 0 Å². The van der Waals surface area contributed by atoms with Gasteiger partial charge in [0, 0.05) is 12.2 Å². The monoisotopic (exact) mass is 303 g/mol. The van der Waals surface area contributed by atoms with E-state index in [9.17, 15) is 0 Å². The second-order valence-electron chi connectivity index (χ2n) is 5.65. The summed E-state index contributed by atoms with van der Waals surface area (Å²) < 4.78 is 0. The van der Waals surface area contributed by atoms with Gasteiger partial charge in [0.1, 0.15) is 0 Å². The van der Waals surface area contributed by atoms with Crippen LogP contribution in [-0.4, -0.2) is 12.5 Å². The van der Waals surface area contributed by atoms with Gasteiger partial charge in [-0.1, -0.05) is 54.6 Å². The first-order valence-electron chi connectivity index (χ1n) is 7.82. The lowest BCUT2D eigenvalue weighted by Crippen LogP contribution is -2.23. The third-order valence-corrected chi connectivity index (χ3v) is 3.83. The molecule has 3 nitrogen and oxygen atoms in total. The minimum atomic E-state index is 0.454. The first kappa shape index (κ1) is 15.1. The maximum atomic E-state index is 5.97. The van der Waals surface area contributed by atoms with E-state index in [1.165, 1.54) is 21.9 Å². The number of benzene rings is 3. The van der Waals surface area contributed by atoms with Crippen molar-refractivity contribution in [1.29, 1.82) is 0 Å². The number of hydrogen-bond donors (Lipinski definition) is 2. The molecular formula is C20H21N3. The molecule has 3 aromatic rings. The van der Waals surface area contributed by atoms with Gasteiger partial charge in [-0.3, -0.25) is 4.99 Å². The van der Waals surface area contributed by atoms with Gasteiger partial charge in [-0.05, 0) is 47.4 Å². The highest BCUT2D eigenvalue weighted by Crippen LogP contribution is 2.18. The van der Waals surface area contributed by atoms with Gasteiger partial charge in [0.25, 0.3) is 0 Å². The van der Waals surface area contributed by atoms with E-state index < -0.39 is 0 Å². The molecule has 3 aromatic carbocycles. The van der Waals surface area contributed by atoms with Gasteiger partial charge < -0.3 is 11.1 Å². The molecule has 0 aromatic heterocycles. The van der Waals surface area contributed by atoms with E-state index in [1.807, 2.05) is 18.2 Å². The average molecular weight is 303 g/mol. The summed E-state index contributed by atoms with van der Waals surface area (Å²) in [6, 6.07) is 22.9. The highest BCUT2D eigenvalue weighted by atomic mass is 15.1. The summed E-state index contributed by atoms with van der Waals surface area (Å²) in [7, 11) is 0. The molecule has 0 atom stereocenters. The molecule has 0 saturated carbocycles. The first-order chi connectivity index (χ1) is 11.2. The predicted molar refractivity (Wildman–Crippen MR) is 98.9 cm³/mol. The molecule has 0 aliphatic rings. The van der Waals surface area contributed by atoms with Crippen LogP contribution >= 0.6 is 0 Å². The number of aliphatic imine (C=N–C) groups is 1. The van der Waals surface area contributed by atoms with Crippen molar-refractivity contribution >= 4 is 22.4 Å². The minimum Gasteiger partial charge on any atom is -0.370 e. The van der Waals surface area contributed by atoms with E-state index in [2.05, 4.69) is 65.8 Å². The molecule has 0 heterocycles. The Labute approximate surface area is 136 Å². The molecule has 0 aliphatic heterocycles. The molecule has 3 rings (SSSR count). The number of aryl methyl sites for hydroxylation is 1. The van der Waals surface area contributed by atoms with Gasteiger partial charge in [-0.15, -0.1) is 0 Å². The average Bonchev–Trinajstić information content (AvgIpc) is 2.55. The zero-order valence-electron chi connectivity index (χ0n) is 13.3. The molecule has 3 heteroatoms. The lowest BCUT2D eigenvalue weighted by atomic mass is 10.0. The maximum Gasteiger partial charge on any atom is 0.193 e. The van der Waals surface area contributed by atoms with E-state index in [0.717, 1.165) is 12.1 Å². The lowest BCUT2D eigenvalue weighted by molar-refractivity contribution is 0.973. The van der Waals surface area contributed by atoms with Crippen LogP contribution in [0.15, 0.2) is 71.7 Å². The fourth-order valence-electron chi connectivity index (χ4n) is 2.72. The maximum absolute atomic E-state index is 5.97. The largest absolute Gasteiger partial charge is 0.370 e. The third-order valence-electron chi connectivity index (χ3n) is 3.83.